The lowest BCUT2D eigenvalue weighted by atomic mass is 9.96. The van der Waals surface area contributed by atoms with Crippen LogP contribution >= 0.6 is 0 Å². The molecule has 1 aliphatic heterocycles. The van der Waals surface area contributed by atoms with Crippen molar-refractivity contribution in [2.45, 2.75) is 19.8 Å². The van der Waals surface area contributed by atoms with Crippen LogP contribution in [0.5, 0.6) is 0 Å². The number of methoxy groups -OCH3 is 1. The molecule has 3 aromatic heterocycles. The molecule has 0 radical (unpaired) electrons. The molecule has 188 valence electrons. The lowest BCUT2D eigenvalue weighted by molar-refractivity contribution is -0.146. The van der Waals surface area contributed by atoms with Crippen LogP contribution in [0.3, 0.4) is 0 Å². The van der Waals surface area contributed by atoms with E-state index in [1.165, 1.54) is 7.11 Å². The van der Waals surface area contributed by atoms with Gasteiger partial charge in [-0.05, 0) is 68.3 Å². The SMILES string of the molecule is COC(=O)C1CCN(c2ccc(Nc3nccc(Nc4ccnc(-c5cccc(C)n5)n4)n3)cc2)CC1. The van der Waals surface area contributed by atoms with E-state index in [0.29, 0.717) is 29.1 Å². The highest BCUT2D eigenvalue weighted by atomic mass is 16.5. The summed E-state index contributed by atoms with van der Waals surface area (Å²) in [5, 5.41) is 6.46. The smallest absolute Gasteiger partial charge is 0.308 e. The van der Waals surface area contributed by atoms with Crippen molar-refractivity contribution in [3.63, 3.8) is 0 Å². The Morgan fingerprint density at radius 3 is 2.35 bits per heavy atom. The minimum atomic E-state index is -0.112. The largest absolute Gasteiger partial charge is 0.469 e. The molecule has 0 atom stereocenters. The van der Waals surface area contributed by atoms with Crippen LogP contribution in [0.15, 0.2) is 67.0 Å². The van der Waals surface area contributed by atoms with Gasteiger partial charge in [-0.1, -0.05) is 6.07 Å². The van der Waals surface area contributed by atoms with E-state index in [2.05, 4.69) is 52.6 Å². The summed E-state index contributed by atoms with van der Waals surface area (Å²) in [5.74, 6) is 2.09. The molecule has 10 nitrogen and oxygen atoms in total. The molecule has 5 rings (SSSR count). The van der Waals surface area contributed by atoms with Crippen molar-refractivity contribution in [3.8, 4) is 11.5 Å². The van der Waals surface area contributed by atoms with E-state index in [-0.39, 0.29) is 11.9 Å². The first-order valence-electron chi connectivity index (χ1n) is 12.1. The van der Waals surface area contributed by atoms with Crippen LogP contribution in [0.4, 0.5) is 29.0 Å². The average Bonchev–Trinajstić information content (AvgIpc) is 2.93. The zero-order valence-corrected chi connectivity index (χ0v) is 20.8. The Balaban J connectivity index is 1.22. The number of piperidine rings is 1. The van der Waals surface area contributed by atoms with Crippen molar-refractivity contribution >= 4 is 34.9 Å². The van der Waals surface area contributed by atoms with Gasteiger partial charge in [0, 0.05) is 42.6 Å². The normalized spacial score (nSPS) is 13.7. The van der Waals surface area contributed by atoms with Crippen LogP contribution < -0.4 is 15.5 Å². The molecule has 0 unspecified atom stereocenters. The van der Waals surface area contributed by atoms with Gasteiger partial charge in [-0.15, -0.1) is 0 Å². The number of esters is 1. The van der Waals surface area contributed by atoms with E-state index in [0.717, 1.165) is 43.0 Å². The van der Waals surface area contributed by atoms with Crippen molar-refractivity contribution in [3.05, 3.63) is 72.7 Å². The molecule has 1 aliphatic rings. The van der Waals surface area contributed by atoms with Crippen LogP contribution in [0, 0.1) is 12.8 Å². The topological polar surface area (TPSA) is 118 Å². The van der Waals surface area contributed by atoms with Gasteiger partial charge in [0.05, 0.1) is 13.0 Å². The summed E-state index contributed by atoms with van der Waals surface area (Å²) < 4.78 is 4.88. The zero-order valence-electron chi connectivity index (χ0n) is 20.8. The lowest BCUT2D eigenvalue weighted by Gasteiger charge is -2.32. The summed E-state index contributed by atoms with van der Waals surface area (Å²) in [6, 6.07) is 17.4. The number of ether oxygens (including phenoxy) is 1. The number of anilines is 5. The molecule has 2 N–H and O–H groups in total. The Morgan fingerprint density at radius 1 is 0.892 bits per heavy atom. The monoisotopic (exact) mass is 496 g/mol. The Kier molecular flexibility index (Phi) is 7.16. The first kappa shape index (κ1) is 24.1. The number of carbonyl (C=O) groups is 1. The van der Waals surface area contributed by atoms with Gasteiger partial charge in [-0.25, -0.2) is 19.9 Å². The average molecular weight is 497 g/mol. The van der Waals surface area contributed by atoms with Crippen LogP contribution in [0.25, 0.3) is 11.5 Å². The Morgan fingerprint density at radius 2 is 1.62 bits per heavy atom. The number of pyridine rings is 1. The van der Waals surface area contributed by atoms with Gasteiger partial charge in [-0.3, -0.25) is 4.79 Å². The summed E-state index contributed by atoms with van der Waals surface area (Å²) in [6.07, 6.45) is 4.97. The maximum Gasteiger partial charge on any atom is 0.308 e. The van der Waals surface area contributed by atoms with Crippen LogP contribution in [0.2, 0.25) is 0 Å². The molecular weight excluding hydrogens is 468 g/mol. The summed E-state index contributed by atoms with van der Waals surface area (Å²) >= 11 is 0. The van der Waals surface area contributed by atoms with E-state index in [1.807, 2.05) is 37.3 Å². The highest BCUT2D eigenvalue weighted by molar-refractivity contribution is 5.72. The number of hydrogen-bond donors (Lipinski definition) is 2. The summed E-state index contributed by atoms with van der Waals surface area (Å²) in [7, 11) is 1.45. The Hall–Kier alpha value is -4.60. The standard InChI is InChI=1S/C27H28N8O2/c1-18-4-3-5-22(30-18)25-28-14-10-23(33-25)32-24-11-15-29-27(34-24)31-20-6-8-21(9-7-20)35-16-12-19(13-17-35)26(36)37-2/h3-11,14-15,19H,12-13,16-17H2,1-2H3,(H2,28,29,31,32,33,34). The minimum absolute atomic E-state index is 0.00614. The Bertz CT molecular complexity index is 1370. The summed E-state index contributed by atoms with van der Waals surface area (Å²) in [4.78, 5) is 36.4. The number of nitrogens with zero attached hydrogens (tertiary/aromatic N) is 6. The second-order valence-corrected chi connectivity index (χ2v) is 8.78. The molecule has 4 heterocycles. The van der Waals surface area contributed by atoms with Crippen molar-refractivity contribution in [1.82, 2.24) is 24.9 Å². The van der Waals surface area contributed by atoms with Gasteiger partial charge < -0.3 is 20.3 Å². The first-order valence-corrected chi connectivity index (χ1v) is 12.1. The van der Waals surface area contributed by atoms with Crippen molar-refractivity contribution in [2.75, 3.05) is 35.7 Å². The third kappa shape index (κ3) is 5.97. The van der Waals surface area contributed by atoms with Crippen molar-refractivity contribution in [2.24, 2.45) is 5.92 Å². The van der Waals surface area contributed by atoms with E-state index in [9.17, 15) is 4.79 Å². The number of nitrogens with one attached hydrogen (secondary N) is 2. The molecule has 10 heteroatoms. The van der Waals surface area contributed by atoms with Crippen LogP contribution in [-0.2, 0) is 9.53 Å². The van der Waals surface area contributed by atoms with Crippen LogP contribution in [0.1, 0.15) is 18.5 Å². The van der Waals surface area contributed by atoms with E-state index in [4.69, 9.17) is 4.74 Å². The molecule has 0 saturated carbocycles. The van der Waals surface area contributed by atoms with E-state index < -0.39 is 0 Å². The predicted molar refractivity (Wildman–Crippen MR) is 142 cm³/mol. The van der Waals surface area contributed by atoms with Gasteiger partial charge in [0.2, 0.25) is 5.95 Å². The molecule has 0 aliphatic carbocycles. The second kappa shape index (κ2) is 11.0. The molecule has 37 heavy (non-hydrogen) atoms. The predicted octanol–water partition coefficient (Wildman–Crippen LogP) is 4.51. The third-order valence-electron chi connectivity index (χ3n) is 6.20. The lowest BCUT2D eigenvalue weighted by Crippen LogP contribution is -2.36. The van der Waals surface area contributed by atoms with Crippen molar-refractivity contribution in [1.29, 1.82) is 0 Å². The summed E-state index contributed by atoms with van der Waals surface area (Å²) in [5.41, 5.74) is 3.61. The molecule has 0 bridgehead atoms. The zero-order chi connectivity index (χ0) is 25.6. The number of carbonyl (C=O) groups excluding carboxylic acids is 1. The molecule has 0 spiro atoms. The fourth-order valence-corrected chi connectivity index (χ4v) is 4.26. The van der Waals surface area contributed by atoms with Gasteiger partial charge in [0.15, 0.2) is 5.82 Å². The fraction of sp³-hybridized carbons (Fsp3) is 0.259. The highest BCUT2D eigenvalue weighted by Crippen LogP contribution is 2.26. The van der Waals surface area contributed by atoms with E-state index >= 15 is 0 Å². The molecule has 1 aromatic carbocycles. The second-order valence-electron chi connectivity index (χ2n) is 8.78. The van der Waals surface area contributed by atoms with E-state index in [1.54, 1.807) is 24.5 Å². The molecule has 4 aromatic rings. The molecule has 1 saturated heterocycles. The fourth-order valence-electron chi connectivity index (χ4n) is 4.26. The quantitative estimate of drug-likeness (QED) is 0.354. The first-order chi connectivity index (χ1) is 18.1. The van der Waals surface area contributed by atoms with Gasteiger partial charge in [-0.2, -0.15) is 4.98 Å². The van der Waals surface area contributed by atoms with Gasteiger partial charge in [0.1, 0.15) is 17.3 Å². The summed E-state index contributed by atoms with van der Waals surface area (Å²) in [6.45, 7) is 3.59. The van der Waals surface area contributed by atoms with Gasteiger partial charge >= 0.3 is 5.97 Å². The Labute approximate surface area is 215 Å². The number of aromatic nitrogens is 5. The molecule has 0 amide bonds. The number of benzene rings is 1. The molecular formula is C27H28N8O2. The molecule has 1 fully saturated rings. The van der Waals surface area contributed by atoms with Gasteiger partial charge in [0.25, 0.3) is 0 Å². The number of rotatable bonds is 7. The number of aryl methyl sites for hydroxylation is 1. The van der Waals surface area contributed by atoms with Crippen molar-refractivity contribution < 1.29 is 9.53 Å². The maximum atomic E-state index is 11.8. The minimum Gasteiger partial charge on any atom is -0.469 e. The number of hydrogen-bond acceptors (Lipinski definition) is 10. The third-order valence-corrected chi connectivity index (χ3v) is 6.20. The maximum absolute atomic E-state index is 11.8. The highest BCUT2D eigenvalue weighted by Gasteiger charge is 2.25. The van der Waals surface area contributed by atoms with Crippen LogP contribution in [-0.4, -0.2) is 51.1 Å².